The molecule has 2 heterocycles. The number of carbonyl (C=O) groups excluding carboxylic acids is 2. The molecule has 1 aromatic rings. The van der Waals surface area contributed by atoms with E-state index in [0.717, 1.165) is 43.7 Å². The zero-order valence-electron chi connectivity index (χ0n) is 12.1. The Balaban J connectivity index is 1.60. The number of carbonyl (C=O) groups is 2. The molecule has 0 aromatic heterocycles. The van der Waals surface area contributed by atoms with Crippen LogP contribution in [0.2, 0.25) is 0 Å². The maximum atomic E-state index is 12.0. The first-order chi connectivity index (χ1) is 10.2. The average Bonchev–Trinajstić information content (AvgIpc) is 3.16. The third kappa shape index (κ3) is 3.24. The Kier molecular flexibility index (Phi) is 4.20. The molecular formula is C16H21N3O2. The fourth-order valence-electron chi connectivity index (χ4n) is 2.97. The summed E-state index contributed by atoms with van der Waals surface area (Å²) >= 11 is 0. The molecular weight excluding hydrogens is 266 g/mol. The van der Waals surface area contributed by atoms with Crippen LogP contribution in [0.3, 0.4) is 0 Å². The Bertz CT molecular complexity index is 538. The Morgan fingerprint density at radius 2 is 2.33 bits per heavy atom. The molecule has 5 nitrogen and oxygen atoms in total. The van der Waals surface area contributed by atoms with Gasteiger partial charge in [-0.15, -0.1) is 0 Å². The fraction of sp³-hybridized carbons (Fsp3) is 0.500. The summed E-state index contributed by atoms with van der Waals surface area (Å²) in [6, 6.07) is 7.88. The highest BCUT2D eigenvalue weighted by Gasteiger charge is 2.23. The van der Waals surface area contributed by atoms with Crippen molar-refractivity contribution in [3.05, 3.63) is 29.8 Å². The van der Waals surface area contributed by atoms with Crippen LogP contribution >= 0.6 is 0 Å². The van der Waals surface area contributed by atoms with E-state index in [0.29, 0.717) is 13.0 Å². The highest BCUT2D eigenvalue weighted by molar-refractivity contribution is 5.95. The monoisotopic (exact) mass is 287 g/mol. The number of hydrogen-bond donors (Lipinski definition) is 2. The molecule has 3 rings (SSSR count). The van der Waals surface area contributed by atoms with Gasteiger partial charge in [0.15, 0.2) is 0 Å². The summed E-state index contributed by atoms with van der Waals surface area (Å²) in [6.45, 7) is 3.01. The molecule has 1 aromatic carbocycles. The van der Waals surface area contributed by atoms with E-state index >= 15 is 0 Å². The number of amides is 2. The fourth-order valence-corrected chi connectivity index (χ4v) is 2.97. The number of hydrogen-bond acceptors (Lipinski definition) is 3. The number of benzene rings is 1. The molecule has 2 amide bonds. The van der Waals surface area contributed by atoms with Crippen LogP contribution in [0, 0.1) is 5.92 Å². The van der Waals surface area contributed by atoms with Gasteiger partial charge in [-0.3, -0.25) is 9.59 Å². The van der Waals surface area contributed by atoms with E-state index in [1.807, 2.05) is 29.2 Å². The van der Waals surface area contributed by atoms with Gasteiger partial charge in [0, 0.05) is 31.7 Å². The molecule has 2 fully saturated rings. The van der Waals surface area contributed by atoms with E-state index in [4.69, 9.17) is 0 Å². The lowest BCUT2D eigenvalue weighted by Crippen LogP contribution is -2.31. The van der Waals surface area contributed by atoms with Crippen LogP contribution < -0.4 is 15.5 Å². The van der Waals surface area contributed by atoms with E-state index in [2.05, 4.69) is 10.6 Å². The van der Waals surface area contributed by atoms with Gasteiger partial charge in [-0.2, -0.15) is 0 Å². The summed E-state index contributed by atoms with van der Waals surface area (Å²) in [4.78, 5) is 25.6. The lowest BCUT2D eigenvalue weighted by atomic mass is 10.1. The van der Waals surface area contributed by atoms with Crippen molar-refractivity contribution in [1.29, 1.82) is 0 Å². The molecule has 2 aliphatic heterocycles. The van der Waals surface area contributed by atoms with Gasteiger partial charge in [0.05, 0.1) is 5.92 Å². The standard InChI is InChI=1S/C16H21N3O2/c20-15-5-2-8-19(15)14-4-1-3-12(9-14)10-18-16(21)13-6-7-17-11-13/h1,3-4,9,13,17H,2,5-8,10-11H2,(H,18,21). The topological polar surface area (TPSA) is 61.4 Å². The zero-order chi connectivity index (χ0) is 14.7. The van der Waals surface area contributed by atoms with Gasteiger partial charge in [0.1, 0.15) is 0 Å². The zero-order valence-corrected chi connectivity index (χ0v) is 12.1. The van der Waals surface area contributed by atoms with Gasteiger partial charge in [0.25, 0.3) is 0 Å². The van der Waals surface area contributed by atoms with Crippen molar-refractivity contribution in [2.45, 2.75) is 25.8 Å². The quantitative estimate of drug-likeness (QED) is 0.870. The van der Waals surface area contributed by atoms with Gasteiger partial charge >= 0.3 is 0 Å². The molecule has 0 radical (unpaired) electrons. The van der Waals surface area contributed by atoms with E-state index in [1.54, 1.807) is 0 Å². The summed E-state index contributed by atoms with van der Waals surface area (Å²) in [5.41, 5.74) is 1.97. The minimum absolute atomic E-state index is 0.0911. The van der Waals surface area contributed by atoms with Crippen molar-refractivity contribution in [1.82, 2.24) is 10.6 Å². The molecule has 2 N–H and O–H groups in total. The van der Waals surface area contributed by atoms with E-state index in [1.165, 1.54) is 0 Å². The van der Waals surface area contributed by atoms with E-state index < -0.39 is 0 Å². The second kappa shape index (κ2) is 6.26. The minimum atomic E-state index is 0.0911. The Morgan fingerprint density at radius 1 is 1.43 bits per heavy atom. The van der Waals surface area contributed by atoms with Crippen molar-refractivity contribution in [2.24, 2.45) is 5.92 Å². The molecule has 0 saturated carbocycles. The van der Waals surface area contributed by atoms with Gasteiger partial charge in [-0.05, 0) is 37.1 Å². The summed E-state index contributed by atoms with van der Waals surface area (Å²) in [5, 5.41) is 6.19. The number of nitrogens with zero attached hydrogens (tertiary/aromatic N) is 1. The Hall–Kier alpha value is -1.88. The number of nitrogens with one attached hydrogen (secondary N) is 2. The van der Waals surface area contributed by atoms with Crippen LogP contribution in [-0.4, -0.2) is 31.4 Å². The van der Waals surface area contributed by atoms with Crippen molar-refractivity contribution in [3.63, 3.8) is 0 Å². The second-order valence-electron chi connectivity index (χ2n) is 5.73. The number of rotatable bonds is 4. The van der Waals surface area contributed by atoms with Crippen LogP contribution in [0.1, 0.15) is 24.8 Å². The van der Waals surface area contributed by atoms with Gasteiger partial charge in [-0.25, -0.2) is 0 Å². The molecule has 0 aliphatic carbocycles. The predicted molar refractivity (Wildman–Crippen MR) is 80.9 cm³/mol. The largest absolute Gasteiger partial charge is 0.352 e. The van der Waals surface area contributed by atoms with Crippen LogP contribution in [-0.2, 0) is 16.1 Å². The highest BCUT2D eigenvalue weighted by Crippen LogP contribution is 2.22. The predicted octanol–water partition coefficient (Wildman–Crippen LogP) is 1.04. The normalized spacial score (nSPS) is 21.8. The molecule has 1 atom stereocenters. The molecule has 0 spiro atoms. The first-order valence-corrected chi connectivity index (χ1v) is 7.62. The molecule has 5 heteroatoms. The molecule has 2 aliphatic rings. The SMILES string of the molecule is O=C(NCc1cccc(N2CCCC2=O)c1)C1CCNC1. The van der Waals surface area contributed by atoms with Crippen LogP contribution in [0.4, 0.5) is 5.69 Å². The summed E-state index contributed by atoms with van der Waals surface area (Å²) in [5.74, 6) is 0.393. The van der Waals surface area contributed by atoms with E-state index in [-0.39, 0.29) is 17.7 Å². The third-order valence-corrected chi connectivity index (χ3v) is 4.19. The van der Waals surface area contributed by atoms with Gasteiger partial charge < -0.3 is 15.5 Å². The maximum Gasteiger partial charge on any atom is 0.227 e. The first kappa shape index (κ1) is 14.1. The minimum Gasteiger partial charge on any atom is -0.352 e. The van der Waals surface area contributed by atoms with Crippen LogP contribution in [0.5, 0.6) is 0 Å². The van der Waals surface area contributed by atoms with E-state index in [9.17, 15) is 9.59 Å². The smallest absolute Gasteiger partial charge is 0.227 e. The third-order valence-electron chi connectivity index (χ3n) is 4.19. The van der Waals surface area contributed by atoms with Gasteiger partial charge in [0.2, 0.25) is 11.8 Å². The lowest BCUT2D eigenvalue weighted by Gasteiger charge is -2.17. The second-order valence-corrected chi connectivity index (χ2v) is 5.73. The Morgan fingerprint density at radius 3 is 3.05 bits per heavy atom. The van der Waals surface area contributed by atoms with Crippen molar-refractivity contribution in [2.75, 3.05) is 24.5 Å². The van der Waals surface area contributed by atoms with Crippen LogP contribution in [0.15, 0.2) is 24.3 Å². The molecule has 112 valence electrons. The molecule has 0 bridgehead atoms. The number of anilines is 1. The average molecular weight is 287 g/mol. The van der Waals surface area contributed by atoms with Crippen molar-refractivity contribution < 1.29 is 9.59 Å². The molecule has 2 saturated heterocycles. The van der Waals surface area contributed by atoms with Crippen LogP contribution in [0.25, 0.3) is 0 Å². The maximum absolute atomic E-state index is 12.0. The summed E-state index contributed by atoms with van der Waals surface area (Å²) in [7, 11) is 0. The van der Waals surface area contributed by atoms with Gasteiger partial charge in [-0.1, -0.05) is 12.1 Å². The molecule has 21 heavy (non-hydrogen) atoms. The summed E-state index contributed by atoms with van der Waals surface area (Å²) in [6.07, 6.45) is 2.47. The van der Waals surface area contributed by atoms with Crippen molar-refractivity contribution >= 4 is 17.5 Å². The Labute approximate surface area is 124 Å². The van der Waals surface area contributed by atoms with Crippen molar-refractivity contribution in [3.8, 4) is 0 Å². The highest BCUT2D eigenvalue weighted by atomic mass is 16.2. The molecule has 1 unspecified atom stereocenters. The lowest BCUT2D eigenvalue weighted by molar-refractivity contribution is -0.124. The first-order valence-electron chi connectivity index (χ1n) is 7.62. The summed E-state index contributed by atoms with van der Waals surface area (Å²) < 4.78 is 0.